The van der Waals surface area contributed by atoms with Crippen molar-refractivity contribution < 1.29 is 0 Å². The summed E-state index contributed by atoms with van der Waals surface area (Å²) in [6.07, 6.45) is 2.96. The van der Waals surface area contributed by atoms with E-state index >= 15 is 0 Å². The maximum absolute atomic E-state index is 4.28. The summed E-state index contributed by atoms with van der Waals surface area (Å²) in [6, 6.07) is 8.77. The fourth-order valence-corrected chi connectivity index (χ4v) is 2.44. The van der Waals surface area contributed by atoms with E-state index in [1.807, 2.05) is 17.9 Å². The first-order valence-electron chi connectivity index (χ1n) is 6.60. The summed E-state index contributed by atoms with van der Waals surface area (Å²) in [4.78, 5) is 0. The first kappa shape index (κ1) is 14.3. The molecule has 0 saturated heterocycles. The lowest BCUT2D eigenvalue weighted by molar-refractivity contribution is 0.553. The van der Waals surface area contributed by atoms with E-state index < -0.39 is 0 Å². The van der Waals surface area contributed by atoms with Gasteiger partial charge in [0, 0.05) is 17.7 Å². The van der Waals surface area contributed by atoms with Crippen LogP contribution in [0.1, 0.15) is 36.2 Å². The highest BCUT2D eigenvalue weighted by Crippen LogP contribution is 2.25. The molecular weight excluding hydrogens is 302 g/mol. The molecule has 3 nitrogen and oxygen atoms in total. The van der Waals surface area contributed by atoms with Crippen molar-refractivity contribution >= 4 is 15.9 Å². The average Bonchev–Trinajstić information content (AvgIpc) is 2.80. The molecular formula is C15H20BrN3. The molecule has 19 heavy (non-hydrogen) atoms. The first-order chi connectivity index (χ1) is 9.13. The molecule has 1 aromatic heterocycles. The van der Waals surface area contributed by atoms with Gasteiger partial charge in [-0.2, -0.15) is 5.10 Å². The van der Waals surface area contributed by atoms with E-state index in [9.17, 15) is 0 Å². The Morgan fingerprint density at radius 2 is 2.16 bits per heavy atom. The number of hydrogen-bond donors (Lipinski definition) is 1. The number of halogens is 1. The summed E-state index contributed by atoms with van der Waals surface area (Å²) in [5.74, 6) is 0. The van der Waals surface area contributed by atoms with Gasteiger partial charge < -0.3 is 5.32 Å². The van der Waals surface area contributed by atoms with Gasteiger partial charge in [0.1, 0.15) is 0 Å². The molecule has 1 atom stereocenters. The van der Waals surface area contributed by atoms with E-state index in [1.54, 1.807) is 0 Å². The summed E-state index contributed by atoms with van der Waals surface area (Å²) in [6.45, 7) is 5.29. The third-order valence-electron chi connectivity index (χ3n) is 3.27. The molecule has 0 aliphatic heterocycles. The number of nitrogens with zero attached hydrogens (tertiary/aromatic N) is 2. The van der Waals surface area contributed by atoms with E-state index in [4.69, 9.17) is 0 Å². The Labute approximate surface area is 123 Å². The zero-order valence-electron chi connectivity index (χ0n) is 11.7. The van der Waals surface area contributed by atoms with Crippen molar-refractivity contribution in [1.29, 1.82) is 0 Å². The van der Waals surface area contributed by atoms with Crippen molar-refractivity contribution in [1.82, 2.24) is 15.1 Å². The molecule has 0 aliphatic carbocycles. The zero-order valence-corrected chi connectivity index (χ0v) is 13.2. The molecule has 102 valence electrons. The second-order valence-corrected chi connectivity index (χ2v) is 5.63. The smallest absolute Gasteiger partial charge is 0.0748 e. The van der Waals surface area contributed by atoms with Crippen LogP contribution in [0.2, 0.25) is 0 Å². The maximum Gasteiger partial charge on any atom is 0.0748 e. The van der Waals surface area contributed by atoms with Crippen LogP contribution >= 0.6 is 15.9 Å². The Bertz CT molecular complexity index is 548. The molecule has 4 heteroatoms. The Morgan fingerprint density at radius 1 is 1.37 bits per heavy atom. The molecule has 0 amide bonds. The quantitative estimate of drug-likeness (QED) is 0.912. The van der Waals surface area contributed by atoms with Crippen molar-refractivity contribution in [2.45, 2.75) is 26.3 Å². The summed E-state index contributed by atoms with van der Waals surface area (Å²) in [7, 11) is 1.99. The van der Waals surface area contributed by atoms with Gasteiger partial charge in [0.15, 0.2) is 0 Å². The van der Waals surface area contributed by atoms with Gasteiger partial charge in [-0.15, -0.1) is 0 Å². The number of rotatable bonds is 5. The lowest BCUT2D eigenvalue weighted by atomic mass is 10.0. The number of aromatic nitrogens is 2. The van der Waals surface area contributed by atoms with E-state index in [1.165, 1.54) is 16.8 Å². The topological polar surface area (TPSA) is 29.9 Å². The maximum atomic E-state index is 4.28. The number of aryl methyl sites for hydroxylation is 2. The summed E-state index contributed by atoms with van der Waals surface area (Å²) >= 11 is 3.56. The van der Waals surface area contributed by atoms with Crippen molar-refractivity contribution in [2.24, 2.45) is 7.05 Å². The van der Waals surface area contributed by atoms with Gasteiger partial charge >= 0.3 is 0 Å². The molecule has 2 rings (SSSR count). The molecule has 1 aromatic carbocycles. The summed E-state index contributed by atoms with van der Waals surface area (Å²) in [5.41, 5.74) is 3.72. The summed E-state index contributed by atoms with van der Waals surface area (Å²) < 4.78 is 3.08. The molecule has 1 unspecified atom stereocenters. The molecule has 0 saturated carbocycles. The van der Waals surface area contributed by atoms with Crippen LogP contribution in [0.4, 0.5) is 0 Å². The third kappa shape index (κ3) is 3.25. The van der Waals surface area contributed by atoms with Crippen molar-refractivity contribution in [3.8, 4) is 0 Å². The van der Waals surface area contributed by atoms with Gasteiger partial charge in [0.05, 0.1) is 11.7 Å². The number of hydrogen-bond acceptors (Lipinski definition) is 2. The van der Waals surface area contributed by atoms with Crippen LogP contribution in [0.15, 0.2) is 34.9 Å². The van der Waals surface area contributed by atoms with Crippen LogP contribution in [0, 0.1) is 6.92 Å². The minimum absolute atomic E-state index is 0.194. The Balaban J connectivity index is 2.37. The second-order valence-electron chi connectivity index (χ2n) is 4.78. The fourth-order valence-electron chi connectivity index (χ4n) is 2.20. The molecule has 0 aliphatic rings. The van der Waals surface area contributed by atoms with Crippen LogP contribution in [0.3, 0.4) is 0 Å². The van der Waals surface area contributed by atoms with E-state index in [0.717, 1.165) is 17.4 Å². The Kier molecular flexibility index (Phi) is 4.77. The first-order valence-corrected chi connectivity index (χ1v) is 7.40. The monoisotopic (exact) mass is 321 g/mol. The molecule has 1 heterocycles. The van der Waals surface area contributed by atoms with E-state index in [2.05, 4.69) is 64.5 Å². The van der Waals surface area contributed by atoms with Crippen LogP contribution in [-0.4, -0.2) is 16.3 Å². The zero-order chi connectivity index (χ0) is 13.8. The van der Waals surface area contributed by atoms with Crippen LogP contribution < -0.4 is 5.32 Å². The second kappa shape index (κ2) is 6.35. The molecule has 0 bridgehead atoms. The van der Waals surface area contributed by atoms with Crippen LogP contribution in [0.25, 0.3) is 0 Å². The average molecular weight is 322 g/mol. The number of benzene rings is 1. The molecule has 0 radical (unpaired) electrons. The molecule has 0 spiro atoms. The highest BCUT2D eigenvalue weighted by atomic mass is 79.9. The van der Waals surface area contributed by atoms with Gasteiger partial charge in [0.2, 0.25) is 0 Å². The number of nitrogens with one attached hydrogen (secondary N) is 1. The van der Waals surface area contributed by atoms with Crippen molar-refractivity contribution in [3.05, 3.63) is 51.8 Å². The predicted molar refractivity (Wildman–Crippen MR) is 82.2 cm³/mol. The lowest BCUT2D eigenvalue weighted by Gasteiger charge is -2.20. The van der Waals surface area contributed by atoms with Crippen molar-refractivity contribution in [3.63, 3.8) is 0 Å². The SMILES string of the molecule is CCCNC(c1ccc(Br)c(C)c1)c1ccnn1C. The van der Waals surface area contributed by atoms with Crippen LogP contribution in [0.5, 0.6) is 0 Å². The standard InChI is InChI=1S/C15H20BrN3/c1-4-8-17-15(14-7-9-18-19(14)3)12-5-6-13(16)11(2)10-12/h5-7,9-10,15,17H,4,8H2,1-3H3. The van der Waals surface area contributed by atoms with Gasteiger partial charge in [-0.05, 0) is 43.1 Å². The van der Waals surface area contributed by atoms with Gasteiger partial charge in [-0.1, -0.05) is 35.0 Å². The van der Waals surface area contributed by atoms with Crippen LogP contribution in [-0.2, 0) is 7.05 Å². The van der Waals surface area contributed by atoms with E-state index in [0.29, 0.717) is 0 Å². The highest BCUT2D eigenvalue weighted by Gasteiger charge is 2.16. The fraction of sp³-hybridized carbons (Fsp3) is 0.400. The Morgan fingerprint density at radius 3 is 2.74 bits per heavy atom. The predicted octanol–water partition coefficient (Wildman–Crippen LogP) is 3.58. The van der Waals surface area contributed by atoms with Gasteiger partial charge in [-0.3, -0.25) is 4.68 Å². The normalized spacial score (nSPS) is 12.6. The molecule has 1 N–H and O–H groups in total. The lowest BCUT2D eigenvalue weighted by Crippen LogP contribution is -2.25. The highest BCUT2D eigenvalue weighted by molar-refractivity contribution is 9.10. The van der Waals surface area contributed by atoms with Crippen molar-refractivity contribution in [2.75, 3.05) is 6.54 Å². The molecule has 0 fully saturated rings. The third-order valence-corrected chi connectivity index (χ3v) is 4.16. The van der Waals surface area contributed by atoms with Gasteiger partial charge in [0.25, 0.3) is 0 Å². The summed E-state index contributed by atoms with van der Waals surface area (Å²) in [5, 5.41) is 7.88. The molecule has 2 aromatic rings. The van der Waals surface area contributed by atoms with E-state index in [-0.39, 0.29) is 6.04 Å². The minimum atomic E-state index is 0.194. The largest absolute Gasteiger partial charge is 0.305 e. The Hall–Kier alpha value is -1.13. The van der Waals surface area contributed by atoms with Gasteiger partial charge in [-0.25, -0.2) is 0 Å². The minimum Gasteiger partial charge on any atom is -0.305 e.